The summed E-state index contributed by atoms with van der Waals surface area (Å²) in [4.78, 5) is 4.13. The van der Waals surface area contributed by atoms with Crippen molar-refractivity contribution in [3.8, 4) is 0 Å². The highest BCUT2D eigenvalue weighted by atomic mass is 15.1. The van der Waals surface area contributed by atoms with Crippen LogP contribution in [0.5, 0.6) is 0 Å². The third-order valence-electron chi connectivity index (χ3n) is 1.13. The molecular weight excluding hydrogens is 162 g/mol. The zero-order valence-electron chi connectivity index (χ0n) is 8.41. The lowest BCUT2D eigenvalue weighted by Crippen LogP contribution is -2.29. The summed E-state index contributed by atoms with van der Waals surface area (Å²) in [6, 6.07) is 0. The molecule has 3 nitrogen and oxygen atoms in total. The summed E-state index contributed by atoms with van der Waals surface area (Å²) >= 11 is 0. The highest BCUT2D eigenvalue weighted by molar-refractivity contribution is 5.82. The van der Waals surface area contributed by atoms with E-state index in [-0.39, 0.29) is 0 Å². The lowest BCUT2D eigenvalue weighted by molar-refractivity contribution is 1.10. The molecule has 0 aliphatic carbocycles. The molecule has 0 aliphatic heterocycles. The Balaban J connectivity index is 4.17. The standard InChI is InChI=1S/C10H17N3/c1-4-7-11-10(12-8-5-2)13-9-6-3/h4-9H,1-3H3,(H2,11,12,13)/b7-4-,8-5+,9-6+. The molecule has 0 fully saturated rings. The van der Waals surface area contributed by atoms with Crippen molar-refractivity contribution in [2.75, 3.05) is 0 Å². The Hall–Kier alpha value is -1.51. The van der Waals surface area contributed by atoms with Crippen LogP contribution in [-0.4, -0.2) is 5.96 Å². The van der Waals surface area contributed by atoms with Gasteiger partial charge in [0.05, 0.1) is 0 Å². The molecule has 2 N–H and O–H groups in total. The minimum atomic E-state index is 0.703. The summed E-state index contributed by atoms with van der Waals surface area (Å²) in [7, 11) is 0. The van der Waals surface area contributed by atoms with Gasteiger partial charge in [-0.15, -0.1) is 0 Å². The van der Waals surface area contributed by atoms with Gasteiger partial charge < -0.3 is 10.6 Å². The molecule has 0 bridgehead atoms. The summed E-state index contributed by atoms with van der Waals surface area (Å²) in [5.74, 6) is 0.703. The van der Waals surface area contributed by atoms with E-state index in [0.29, 0.717) is 5.96 Å². The highest BCUT2D eigenvalue weighted by Crippen LogP contribution is 1.77. The van der Waals surface area contributed by atoms with Gasteiger partial charge in [-0.25, -0.2) is 4.99 Å². The number of hydrogen-bond acceptors (Lipinski definition) is 1. The monoisotopic (exact) mass is 179 g/mol. The maximum atomic E-state index is 4.13. The molecule has 0 aromatic carbocycles. The molecule has 13 heavy (non-hydrogen) atoms. The van der Waals surface area contributed by atoms with Crippen LogP contribution in [0.25, 0.3) is 0 Å². The molecule has 0 aromatic rings. The van der Waals surface area contributed by atoms with Crippen LogP contribution >= 0.6 is 0 Å². The van der Waals surface area contributed by atoms with Gasteiger partial charge in [0.15, 0.2) is 0 Å². The fourth-order valence-electron chi connectivity index (χ4n) is 0.590. The Morgan fingerprint density at radius 2 is 1.46 bits per heavy atom. The Bertz CT molecular complexity index is 208. The molecule has 0 aliphatic rings. The summed E-state index contributed by atoms with van der Waals surface area (Å²) in [6.07, 6.45) is 11.0. The Morgan fingerprint density at radius 3 is 1.85 bits per heavy atom. The van der Waals surface area contributed by atoms with Crippen molar-refractivity contribution in [2.24, 2.45) is 4.99 Å². The van der Waals surface area contributed by atoms with E-state index >= 15 is 0 Å². The SMILES string of the molecule is C/C=C\N=C(N/C=C/C)N/C=C/C. The molecule has 0 radical (unpaired) electrons. The number of rotatable bonds is 3. The molecule has 0 rings (SSSR count). The fourth-order valence-corrected chi connectivity index (χ4v) is 0.590. The second-order valence-electron chi connectivity index (χ2n) is 2.25. The molecule has 0 spiro atoms. The average molecular weight is 179 g/mol. The predicted molar refractivity (Wildman–Crippen MR) is 58.1 cm³/mol. The van der Waals surface area contributed by atoms with Gasteiger partial charge in [0.2, 0.25) is 5.96 Å². The lowest BCUT2D eigenvalue weighted by atomic mass is 10.6. The number of nitrogens with zero attached hydrogens (tertiary/aromatic N) is 1. The van der Waals surface area contributed by atoms with Crippen molar-refractivity contribution < 1.29 is 0 Å². The fraction of sp³-hybridized carbons (Fsp3) is 0.300. The second kappa shape index (κ2) is 8.59. The molecule has 0 amide bonds. The van der Waals surface area contributed by atoms with Crippen LogP contribution in [0.1, 0.15) is 20.8 Å². The maximum Gasteiger partial charge on any atom is 0.203 e. The van der Waals surface area contributed by atoms with Crippen LogP contribution in [0, 0.1) is 0 Å². The number of aliphatic imine (C=N–C) groups is 1. The minimum absolute atomic E-state index is 0.703. The van der Waals surface area contributed by atoms with Crippen molar-refractivity contribution in [2.45, 2.75) is 20.8 Å². The molecule has 0 aromatic heterocycles. The summed E-state index contributed by atoms with van der Waals surface area (Å²) in [5, 5.41) is 5.99. The van der Waals surface area contributed by atoms with Crippen LogP contribution in [0.4, 0.5) is 0 Å². The van der Waals surface area contributed by atoms with Crippen molar-refractivity contribution in [3.63, 3.8) is 0 Å². The molecule has 0 saturated heterocycles. The van der Waals surface area contributed by atoms with Crippen LogP contribution in [0.15, 0.2) is 41.8 Å². The first-order valence-corrected chi connectivity index (χ1v) is 4.29. The molecule has 3 heteroatoms. The molecule has 0 heterocycles. The van der Waals surface area contributed by atoms with E-state index < -0.39 is 0 Å². The molecule has 0 unspecified atom stereocenters. The summed E-state index contributed by atoms with van der Waals surface area (Å²) in [5.41, 5.74) is 0. The zero-order chi connectivity index (χ0) is 9.94. The summed E-state index contributed by atoms with van der Waals surface area (Å²) < 4.78 is 0. The third kappa shape index (κ3) is 6.87. The third-order valence-corrected chi connectivity index (χ3v) is 1.13. The topological polar surface area (TPSA) is 36.4 Å². The van der Waals surface area contributed by atoms with Crippen LogP contribution in [-0.2, 0) is 0 Å². The van der Waals surface area contributed by atoms with E-state index in [9.17, 15) is 0 Å². The van der Waals surface area contributed by atoms with E-state index in [0.717, 1.165) is 0 Å². The molecule has 72 valence electrons. The minimum Gasteiger partial charge on any atom is -0.333 e. The van der Waals surface area contributed by atoms with Crippen molar-refractivity contribution in [1.29, 1.82) is 0 Å². The second-order valence-corrected chi connectivity index (χ2v) is 2.25. The number of allylic oxidation sites excluding steroid dienone is 3. The number of guanidine groups is 1. The van der Waals surface area contributed by atoms with Gasteiger partial charge >= 0.3 is 0 Å². The van der Waals surface area contributed by atoms with Crippen molar-refractivity contribution in [3.05, 3.63) is 36.8 Å². The highest BCUT2D eigenvalue weighted by Gasteiger charge is 1.87. The van der Waals surface area contributed by atoms with Gasteiger partial charge in [0.25, 0.3) is 0 Å². The Labute approximate surface area is 79.9 Å². The van der Waals surface area contributed by atoms with Gasteiger partial charge in [-0.3, -0.25) is 0 Å². The van der Waals surface area contributed by atoms with E-state index in [1.807, 2.05) is 51.4 Å². The van der Waals surface area contributed by atoms with Gasteiger partial charge in [0, 0.05) is 6.20 Å². The molecule has 0 saturated carbocycles. The van der Waals surface area contributed by atoms with Gasteiger partial charge in [0.1, 0.15) is 0 Å². The van der Waals surface area contributed by atoms with E-state index in [1.165, 1.54) is 0 Å². The van der Waals surface area contributed by atoms with Crippen LogP contribution in [0.3, 0.4) is 0 Å². The van der Waals surface area contributed by atoms with E-state index in [4.69, 9.17) is 0 Å². The van der Waals surface area contributed by atoms with Crippen molar-refractivity contribution in [1.82, 2.24) is 10.6 Å². The molecular formula is C10H17N3. The molecule has 0 atom stereocenters. The average Bonchev–Trinajstić information content (AvgIpc) is 2.17. The van der Waals surface area contributed by atoms with Gasteiger partial charge in [-0.1, -0.05) is 18.2 Å². The lowest BCUT2D eigenvalue weighted by Gasteiger charge is -2.03. The largest absolute Gasteiger partial charge is 0.333 e. The first-order valence-electron chi connectivity index (χ1n) is 4.29. The number of hydrogen-bond donors (Lipinski definition) is 2. The van der Waals surface area contributed by atoms with Gasteiger partial charge in [-0.2, -0.15) is 0 Å². The predicted octanol–water partition coefficient (Wildman–Crippen LogP) is 2.12. The van der Waals surface area contributed by atoms with Gasteiger partial charge in [-0.05, 0) is 33.2 Å². The Kier molecular flexibility index (Phi) is 7.59. The number of nitrogens with one attached hydrogen (secondary N) is 2. The normalized spacial score (nSPS) is 11.3. The Morgan fingerprint density at radius 1 is 0.923 bits per heavy atom. The van der Waals surface area contributed by atoms with E-state index in [1.54, 1.807) is 6.20 Å². The maximum absolute atomic E-state index is 4.13. The van der Waals surface area contributed by atoms with E-state index in [2.05, 4.69) is 15.6 Å². The van der Waals surface area contributed by atoms with Crippen LogP contribution < -0.4 is 10.6 Å². The summed E-state index contributed by atoms with van der Waals surface area (Å²) in [6.45, 7) is 5.80. The quantitative estimate of drug-likeness (QED) is 0.514. The van der Waals surface area contributed by atoms with Crippen LogP contribution in [0.2, 0.25) is 0 Å². The first kappa shape index (κ1) is 11.5. The zero-order valence-corrected chi connectivity index (χ0v) is 8.41. The smallest absolute Gasteiger partial charge is 0.203 e. The van der Waals surface area contributed by atoms with Crippen molar-refractivity contribution >= 4 is 5.96 Å². The first-order chi connectivity index (χ1) is 6.35.